The lowest BCUT2D eigenvalue weighted by Gasteiger charge is -2.35. The molecule has 3 aromatic heterocycles. The van der Waals surface area contributed by atoms with Crippen molar-refractivity contribution in [2.24, 2.45) is 0 Å². The van der Waals surface area contributed by atoms with Crippen LogP contribution in [0.5, 0.6) is 0 Å². The molecule has 3 aromatic rings. The average molecular weight is 365 g/mol. The fourth-order valence-electron chi connectivity index (χ4n) is 3.69. The molecule has 8 heteroatoms. The fourth-order valence-corrected chi connectivity index (χ4v) is 3.69. The smallest absolute Gasteiger partial charge is 0.258 e. The van der Waals surface area contributed by atoms with E-state index < -0.39 is 0 Å². The van der Waals surface area contributed by atoms with E-state index in [-0.39, 0.29) is 11.9 Å². The summed E-state index contributed by atoms with van der Waals surface area (Å²) in [4.78, 5) is 29.4. The van der Waals surface area contributed by atoms with Gasteiger partial charge in [0.05, 0.1) is 23.6 Å². The molecule has 0 bridgehead atoms. The zero-order valence-electron chi connectivity index (χ0n) is 15.6. The van der Waals surface area contributed by atoms with Crippen LogP contribution in [-0.2, 0) is 6.54 Å². The van der Waals surface area contributed by atoms with E-state index in [1.807, 2.05) is 16.8 Å². The summed E-state index contributed by atoms with van der Waals surface area (Å²) in [7, 11) is 3.47. The molecule has 1 aliphatic heterocycles. The van der Waals surface area contributed by atoms with Crippen LogP contribution in [-0.4, -0.2) is 60.9 Å². The van der Waals surface area contributed by atoms with Gasteiger partial charge in [0, 0.05) is 45.4 Å². The molecule has 27 heavy (non-hydrogen) atoms. The molecule has 0 aliphatic carbocycles. The second-order valence-corrected chi connectivity index (χ2v) is 7.04. The lowest BCUT2D eigenvalue weighted by molar-refractivity contribution is 0.0829. The van der Waals surface area contributed by atoms with Gasteiger partial charge in [-0.2, -0.15) is 5.10 Å². The lowest BCUT2D eigenvalue weighted by Crippen LogP contribution is -2.34. The van der Waals surface area contributed by atoms with E-state index in [4.69, 9.17) is 0 Å². The normalized spacial score (nSPS) is 17.9. The number of carbonyl (C=O) groups excluding carboxylic acids is 1. The van der Waals surface area contributed by atoms with Crippen LogP contribution in [0.4, 0.5) is 0 Å². The van der Waals surface area contributed by atoms with Crippen LogP contribution >= 0.6 is 0 Å². The Morgan fingerprint density at radius 1 is 1.19 bits per heavy atom. The molecule has 1 saturated heterocycles. The van der Waals surface area contributed by atoms with E-state index in [0.29, 0.717) is 11.2 Å². The maximum Gasteiger partial charge on any atom is 0.258 e. The topological polar surface area (TPSA) is 79.5 Å². The number of fused-ring (bicyclic) bond motifs is 1. The van der Waals surface area contributed by atoms with E-state index in [9.17, 15) is 4.79 Å². The van der Waals surface area contributed by atoms with E-state index in [1.165, 1.54) is 0 Å². The van der Waals surface area contributed by atoms with Crippen molar-refractivity contribution in [3.8, 4) is 0 Å². The van der Waals surface area contributed by atoms with E-state index in [2.05, 4.69) is 25.0 Å². The molecular weight excluding hydrogens is 342 g/mol. The highest BCUT2D eigenvalue weighted by Gasteiger charge is 2.28. The quantitative estimate of drug-likeness (QED) is 0.703. The second kappa shape index (κ2) is 7.40. The Morgan fingerprint density at radius 2 is 2.07 bits per heavy atom. The van der Waals surface area contributed by atoms with Gasteiger partial charge in [0.25, 0.3) is 5.91 Å². The van der Waals surface area contributed by atoms with Crippen molar-refractivity contribution >= 4 is 11.6 Å². The van der Waals surface area contributed by atoms with Gasteiger partial charge in [-0.15, -0.1) is 0 Å². The minimum Gasteiger partial charge on any atom is -0.345 e. The Hall–Kier alpha value is -2.87. The molecule has 0 saturated carbocycles. The number of likely N-dealkylation sites (tertiary alicyclic amines) is 1. The Labute approximate surface area is 157 Å². The first kappa shape index (κ1) is 17.5. The highest BCUT2D eigenvalue weighted by atomic mass is 16.2. The molecule has 0 aromatic carbocycles. The summed E-state index contributed by atoms with van der Waals surface area (Å²) in [5, 5.41) is 4.49. The molecular formula is C19H23N7O. The SMILES string of the molecule is CN(C)C(=O)c1cnn2c(C3CCCCN3Cc3cnccn3)ccnc12. The van der Waals surface area contributed by atoms with E-state index >= 15 is 0 Å². The monoisotopic (exact) mass is 365 g/mol. The highest BCUT2D eigenvalue weighted by Crippen LogP contribution is 2.32. The van der Waals surface area contributed by atoms with Crippen LogP contribution in [0, 0.1) is 0 Å². The van der Waals surface area contributed by atoms with Crippen LogP contribution in [0.2, 0.25) is 0 Å². The number of piperidine rings is 1. The molecule has 0 radical (unpaired) electrons. The van der Waals surface area contributed by atoms with Gasteiger partial charge in [0.15, 0.2) is 5.65 Å². The maximum atomic E-state index is 12.4. The van der Waals surface area contributed by atoms with Crippen molar-refractivity contribution in [2.75, 3.05) is 20.6 Å². The number of aromatic nitrogens is 5. The molecule has 1 atom stereocenters. The Bertz CT molecular complexity index is 938. The van der Waals surface area contributed by atoms with Gasteiger partial charge in [0.2, 0.25) is 0 Å². The first-order valence-electron chi connectivity index (χ1n) is 9.18. The van der Waals surface area contributed by atoms with Gasteiger partial charge >= 0.3 is 0 Å². The third-order valence-electron chi connectivity index (χ3n) is 5.00. The second-order valence-electron chi connectivity index (χ2n) is 7.04. The minimum absolute atomic E-state index is 0.0882. The third kappa shape index (κ3) is 3.40. The van der Waals surface area contributed by atoms with Gasteiger partial charge in [-0.3, -0.25) is 19.7 Å². The molecule has 1 aliphatic rings. The van der Waals surface area contributed by atoms with Crippen molar-refractivity contribution < 1.29 is 4.79 Å². The predicted molar refractivity (Wildman–Crippen MR) is 100 cm³/mol. The molecule has 0 N–H and O–H groups in total. The average Bonchev–Trinajstić information content (AvgIpc) is 3.13. The number of carbonyl (C=O) groups is 1. The van der Waals surface area contributed by atoms with Crippen molar-refractivity contribution in [1.82, 2.24) is 34.4 Å². The largest absolute Gasteiger partial charge is 0.345 e. The van der Waals surface area contributed by atoms with Gasteiger partial charge in [0.1, 0.15) is 5.56 Å². The first-order valence-corrected chi connectivity index (χ1v) is 9.18. The van der Waals surface area contributed by atoms with Crippen molar-refractivity contribution in [3.63, 3.8) is 0 Å². The number of hydrogen-bond acceptors (Lipinski definition) is 6. The lowest BCUT2D eigenvalue weighted by atomic mass is 9.98. The summed E-state index contributed by atoms with van der Waals surface area (Å²) in [6.45, 7) is 1.74. The third-order valence-corrected chi connectivity index (χ3v) is 5.00. The Morgan fingerprint density at radius 3 is 2.85 bits per heavy atom. The van der Waals surface area contributed by atoms with Crippen LogP contribution in [0.1, 0.15) is 47.1 Å². The van der Waals surface area contributed by atoms with Crippen molar-refractivity contribution in [3.05, 3.63) is 54.0 Å². The summed E-state index contributed by atoms with van der Waals surface area (Å²) in [6.07, 6.45) is 12.0. The summed E-state index contributed by atoms with van der Waals surface area (Å²) < 4.78 is 1.82. The highest BCUT2D eigenvalue weighted by molar-refractivity contribution is 5.99. The minimum atomic E-state index is -0.0882. The number of amides is 1. The Balaban J connectivity index is 1.70. The first-order chi connectivity index (χ1) is 13.1. The van der Waals surface area contributed by atoms with Crippen LogP contribution in [0.3, 0.4) is 0 Å². The summed E-state index contributed by atoms with van der Waals surface area (Å²) in [5.41, 5.74) is 3.15. The van der Waals surface area contributed by atoms with Gasteiger partial charge < -0.3 is 4.90 Å². The number of hydrogen-bond donors (Lipinski definition) is 0. The maximum absolute atomic E-state index is 12.4. The van der Waals surface area contributed by atoms with Crippen LogP contribution in [0.25, 0.3) is 5.65 Å². The molecule has 140 valence electrons. The van der Waals surface area contributed by atoms with Crippen molar-refractivity contribution in [1.29, 1.82) is 0 Å². The predicted octanol–water partition coefficient (Wildman–Crippen LogP) is 1.95. The van der Waals surface area contributed by atoms with Crippen LogP contribution in [0.15, 0.2) is 37.1 Å². The van der Waals surface area contributed by atoms with Gasteiger partial charge in [-0.25, -0.2) is 9.50 Å². The molecule has 1 amide bonds. The molecule has 4 rings (SSSR count). The molecule has 1 fully saturated rings. The van der Waals surface area contributed by atoms with E-state index in [0.717, 1.165) is 43.7 Å². The number of nitrogens with zero attached hydrogens (tertiary/aromatic N) is 7. The van der Waals surface area contributed by atoms with Crippen molar-refractivity contribution in [2.45, 2.75) is 31.8 Å². The molecule has 4 heterocycles. The van der Waals surface area contributed by atoms with Gasteiger partial charge in [-0.1, -0.05) is 6.42 Å². The molecule has 1 unspecified atom stereocenters. The molecule has 0 spiro atoms. The summed E-state index contributed by atoms with van der Waals surface area (Å²) in [6, 6.07) is 2.21. The zero-order valence-corrected chi connectivity index (χ0v) is 15.6. The fraction of sp³-hybridized carbons (Fsp3) is 0.421. The zero-order chi connectivity index (χ0) is 18.8. The van der Waals surface area contributed by atoms with E-state index in [1.54, 1.807) is 43.8 Å². The molecule has 8 nitrogen and oxygen atoms in total. The summed E-state index contributed by atoms with van der Waals surface area (Å²) in [5.74, 6) is -0.0882. The summed E-state index contributed by atoms with van der Waals surface area (Å²) >= 11 is 0. The number of rotatable bonds is 4. The standard InChI is InChI=1S/C19H23N7O/c1-24(2)19(27)15-12-23-26-17(6-7-22-18(15)26)16-5-3-4-10-25(16)13-14-11-20-8-9-21-14/h6-9,11-12,16H,3-5,10,13H2,1-2H3. The Kier molecular flexibility index (Phi) is 4.81. The van der Waals surface area contributed by atoms with Gasteiger partial charge in [-0.05, 0) is 25.5 Å². The van der Waals surface area contributed by atoms with Crippen LogP contribution < -0.4 is 0 Å².